The largest absolute Gasteiger partial charge is 0.476 e. The summed E-state index contributed by atoms with van der Waals surface area (Å²) in [4.78, 5) is 22.2. The van der Waals surface area contributed by atoms with Crippen molar-refractivity contribution >= 4 is 22.4 Å². The molecular weight excluding hydrogens is 594 g/mol. The van der Waals surface area contributed by atoms with Gasteiger partial charge in [-0.25, -0.2) is 4.98 Å². The average Bonchev–Trinajstić information content (AvgIpc) is 3.54. The van der Waals surface area contributed by atoms with E-state index in [2.05, 4.69) is 73.9 Å². The van der Waals surface area contributed by atoms with Gasteiger partial charge in [0.25, 0.3) is 0 Å². The van der Waals surface area contributed by atoms with Gasteiger partial charge in [-0.3, -0.25) is 4.79 Å². The van der Waals surface area contributed by atoms with Gasteiger partial charge in [0.15, 0.2) is 0 Å². The van der Waals surface area contributed by atoms with Crippen molar-refractivity contribution in [3.05, 3.63) is 77.0 Å². The molecule has 0 N–H and O–H groups in total. The Balaban J connectivity index is 1.38. The van der Waals surface area contributed by atoms with Crippen LogP contribution in [0.15, 0.2) is 49.1 Å². The van der Waals surface area contributed by atoms with Crippen LogP contribution in [0.4, 0.5) is 5.69 Å². The van der Waals surface area contributed by atoms with Crippen molar-refractivity contribution in [2.75, 3.05) is 24.6 Å². The molecule has 1 aromatic heterocycles. The number of hydrogen-bond acceptors (Lipinski definition) is 6. The average molecular weight is 644 g/mol. The molecule has 1 aliphatic carbocycles. The van der Waals surface area contributed by atoms with Gasteiger partial charge < -0.3 is 14.5 Å². The molecule has 0 radical (unpaired) electrons. The van der Waals surface area contributed by atoms with E-state index in [-0.39, 0.29) is 17.9 Å². The molecule has 6 rings (SSSR count). The Morgan fingerprint density at radius 1 is 1.06 bits per heavy atom. The van der Waals surface area contributed by atoms with E-state index in [1.54, 1.807) is 0 Å². The molecule has 3 aliphatic rings. The second kappa shape index (κ2) is 15.2. The van der Waals surface area contributed by atoms with Crippen molar-refractivity contribution in [1.82, 2.24) is 9.88 Å². The van der Waals surface area contributed by atoms with Gasteiger partial charge in [-0.2, -0.15) is 10.5 Å². The third-order valence-electron chi connectivity index (χ3n) is 11.3. The lowest BCUT2D eigenvalue weighted by Crippen LogP contribution is -2.41. The highest BCUT2D eigenvalue weighted by Gasteiger charge is 2.34. The molecule has 2 aliphatic heterocycles. The summed E-state index contributed by atoms with van der Waals surface area (Å²) in [7, 11) is 0. The Morgan fingerprint density at radius 3 is 2.65 bits per heavy atom. The number of rotatable bonds is 9. The van der Waals surface area contributed by atoms with Crippen LogP contribution < -0.4 is 9.64 Å². The quantitative estimate of drug-likeness (QED) is 0.217. The summed E-state index contributed by atoms with van der Waals surface area (Å²) in [6.45, 7) is 10.8. The van der Waals surface area contributed by atoms with Gasteiger partial charge in [0.2, 0.25) is 11.8 Å². The molecular formula is C41H49N5O2. The lowest BCUT2D eigenvalue weighted by Gasteiger charge is -2.37. The maximum absolute atomic E-state index is 12.7. The number of ether oxygens (including phenoxy) is 1. The number of aromatic nitrogens is 1. The van der Waals surface area contributed by atoms with Crippen molar-refractivity contribution in [3.8, 4) is 18.0 Å². The topological polar surface area (TPSA) is 93.2 Å². The maximum Gasteiger partial charge on any atom is 0.246 e. The molecule has 2 fully saturated rings. The lowest BCUT2D eigenvalue weighted by molar-refractivity contribution is -0.128. The number of pyridine rings is 1. The minimum atomic E-state index is -0.162. The van der Waals surface area contributed by atoms with Gasteiger partial charge in [0.05, 0.1) is 31.3 Å². The van der Waals surface area contributed by atoms with Crippen LogP contribution >= 0.6 is 0 Å². The first kappa shape index (κ1) is 33.5. The zero-order valence-corrected chi connectivity index (χ0v) is 28.7. The zero-order chi connectivity index (χ0) is 33.6. The summed E-state index contributed by atoms with van der Waals surface area (Å²) < 4.78 is 6.64. The van der Waals surface area contributed by atoms with E-state index in [1.165, 1.54) is 65.8 Å². The second-order valence-electron chi connectivity index (χ2n) is 14.1. The van der Waals surface area contributed by atoms with Gasteiger partial charge in [0.1, 0.15) is 11.6 Å². The summed E-state index contributed by atoms with van der Waals surface area (Å²) >= 11 is 0. The standard InChI is InChI=1S/C41H49N5O2/c1-4-10-29-12-7-15-32(29)27-48-41-35(25-43)40(31-16-9-23-46(38(47)5-2)33(19-18-31)20-22-42)34-21-24-45(26-36(34)44-41)37-17-8-14-30-13-6-11-28(3)39(30)37/h5-6,8,11,13-14,17,29,31-33H,2,4,7,9-10,12,15-16,18-21,23-24,26-27H2,1,3H3/t29?,31?,32-,33?/m0/s1. The van der Waals surface area contributed by atoms with Crippen LogP contribution in [0.5, 0.6) is 5.88 Å². The van der Waals surface area contributed by atoms with Crippen molar-refractivity contribution in [1.29, 1.82) is 10.5 Å². The van der Waals surface area contributed by atoms with Crippen LogP contribution in [0.2, 0.25) is 0 Å². The third kappa shape index (κ3) is 6.79. The van der Waals surface area contributed by atoms with E-state index in [0.717, 1.165) is 43.5 Å². The van der Waals surface area contributed by atoms with Gasteiger partial charge in [0, 0.05) is 30.2 Å². The molecule has 3 heterocycles. The molecule has 250 valence electrons. The molecule has 4 atom stereocenters. The molecule has 1 saturated carbocycles. The summed E-state index contributed by atoms with van der Waals surface area (Å²) in [5.74, 6) is 1.68. The number of amides is 1. The number of fused-ring (bicyclic) bond motifs is 2. The Morgan fingerprint density at radius 2 is 1.88 bits per heavy atom. The minimum absolute atomic E-state index is 0.111. The Bertz CT molecular complexity index is 1730. The highest BCUT2D eigenvalue weighted by atomic mass is 16.5. The van der Waals surface area contributed by atoms with Crippen molar-refractivity contribution in [2.24, 2.45) is 11.8 Å². The highest BCUT2D eigenvalue weighted by Crippen LogP contribution is 2.42. The Labute approximate surface area is 286 Å². The number of aryl methyl sites for hydroxylation is 1. The molecule has 3 unspecified atom stereocenters. The van der Waals surface area contributed by atoms with E-state index >= 15 is 0 Å². The van der Waals surface area contributed by atoms with Crippen LogP contribution in [0.1, 0.15) is 105 Å². The number of anilines is 1. The Hall–Kier alpha value is -4.36. The van der Waals surface area contributed by atoms with Gasteiger partial charge in [-0.15, -0.1) is 0 Å². The van der Waals surface area contributed by atoms with Gasteiger partial charge in [-0.1, -0.05) is 69.5 Å². The monoisotopic (exact) mass is 643 g/mol. The van der Waals surface area contributed by atoms with Gasteiger partial charge >= 0.3 is 0 Å². The van der Waals surface area contributed by atoms with E-state index in [4.69, 9.17) is 9.72 Å². The predicted molar refractivity (Wildman–Crippen MR) is 191 cm³/mol. The zero-order valence-electron chi connectivity index (χ0n) is 28.7. The SMILES string of the molecule is C=CC(=O)N1CCCC(c2c(C#N)c(OC[C@@H]3CCCC3CCC)nc3c2CCN(c2cccc4cccc(C)c24)C3)CCC1CC#N. The summed E-state index contributed by atoms with van der Waals surface area (Å²) in [5.41, 5.74) is 6.37. The number of nitriles is 2. The maximum atomic E-state index is 12.7. The Kier molecular flexibility index (Phi) is 10.7. The lowest BCUT2D eigenvalue weighted by atomic mass is 9.80. The van der Waals surface area contributed by atoms with Crippen molar-refractivity contribution < 1.29 is 9.53 Å². The van der Waals surface area contributed by atoms with Gasteiger partial charge in [-0.05, 0) is 97.4 Å². The molecule has 7 nitrogen and oxygen atoms in total. The fourth-order valence-corrected chi connectivity index (χ4v) is 8.89. The van der Waals surface area contributed by atoms with Crippen LogP contribution in [-0.2, 0) is 17.8 Å². The number of carbonyl (C=O) groups excluding carboxylic acids is 1. The first-order valence-electron chi connectivity index (χ1n) is 18.1. The first-order chi connectivity index (χ1) is 23.5. The van der Waals surface area contributed by atoms with Crippen LogP contribution in [0.3, 0.4) is 0 Å². The minimum Gasteiger partial charge on any atom is -0.476 e. The molecule has 3 aromatic rings. The molecule has 48 heavy (non-hydrogen) atoms. The first-order valence-corrected chi connectivity index (χ1v) is 18.1. The van der Waals surface area contributed by atoms with Crippen molar-refractivity contribution in [3.63, 3.8) is 0 Å². The highest BCUT2D eigenvalue weighted by molar-refractivity contribution is 5.97. The molecule has 0 bridgehead atoms. The van der Waals surface area contributed by atoms with E-state index < -0.39 is 0 Å². The van der Waals surface area contributed by atoms with E-state index in [1.807, 2.05) is 4.90 Å². The molecule has 7 heteroatoms. The molecule has 1 saturated heterocycles. The van der Waals surface area contributed by atoms with E-state index in [9.17, 15) is 15.3 Å². The summed E-state index contributed by atoms with van der Waals surface area (Å²) in [5, 5.41) is 22.9. The number of likely N-dealkylation sites (tertiary alicyclic amines) is 1. The normalized spacial score (nSPS) is 22.7. The second-order valence-corrected chi connectivity index (χ2v) is 14.1. The summed E-state index contributed by atoms with van der Waals surface area (Å²) in [6, 6.07) is 17.7. The fourth-order valence-electron chi connectivity index (χ4n) is 8.89. The molecule has 2 aromatic carbocycles. The number of carbonyl (C=O) groups is 1. The number of nitrogens with zero attached hydrogens (tertiary/aromatic N) is 5. The fraction of sp³-hybridized carbons (Fsp3) is 0.512. The third-order valence-corrected chi connectivity index (χ3v) is 11.3. The predicted octanol–water partition coefficient (Wildman–Crippen LogP) is 8.53. The smallest absolute Gasteiger partial charge is 0.246 e. The van der Waals surface area contributed by atoms with Crippen LogP contribution in [0, 0.1) is 41.4 Å². The molecule has 1 amide bonds. The number of hydrogen-bond donors (Lipinski definition) is 0. The van der Waals surface area contributed by atoms with Crippen molar-refractivity contribution in [2.45, 2.75) is 103 Å². The van der Waals surface area contributed by atoms with E-state index in [0.29, 0.717) is 55.8 Å². The number of benzene rings is 2. The van der Waals surface area contributed by atoms with Crippen LogP contribution in [0.25, 0.3) is 10.8 Å². The molecule has 0 spiro atoms. The van der Waals surface area contributed by atoms with Crippen LogP contribution in [-0.4, -0.2) is 41.5 Å². The summed E-state index contributed by atoms with van der Waals surface area (Å²) in [6.07, 6.45) is 11.7.